The highest BCUT2D eigenvalue weighted by molar-refractivity contribution is 7.95. The van der Waals surface area contributed by atoms with Crippen LogP contribution in [0, 0.1) is 0 Å². The van der Waals surface area contributed by atoms with E-state index in [9.17, 15) is 82.8 Å². The number of phenols is 2. The average molecular weight is 1550 g/mol. The van der Waals surface area contributed by atoms with E-state index in [0.29, 0.717) is 12.1 Å². The van der Waals surface area contributed by atoms with Crippen LogP contribution in [0.2, 0.25) is 0 Å². The number of nitrogen functional groups attached to an aromatic ring is 2. The largest absolute Gasteiger partial charge is 0.505 e. The van der Waals surface area contributed by atoms with Crippen LogP contribution in [0.4, 0.5) is 56.9 Å². The number of sulfone groups is 2. The van der Waals surface area contributed by atoms with Crippen LogP contribution in [0.1, 0.15) is 6.92 Å². The van der Waals surface area contributed by atoms with Crippen molar-refractivity contribution in [1.29, 1.82) is 0 Å². The number of anilines is 2. The van der Waals surface area contributed by atoms with Crippen molar-refractivity contribution in [2.75, 3.05) is 42.6 Å². The number of rotatable bonds is 30. The van der Waals surface area contributed by atoms with E-state index < -0.39 is 153 Å². The fourth-order valence-electron chi connectivity index (χ4n) is 8.71. The molecule has 528 valence electrons. The maximum Gasteiger partial charge on any atom is 0.446 e. The van der Waals surface area contributed by atoms with Gasteiger partial charge in [0.25, 0.3) is 30.4 Å². The molecule has 0 unspecified atom stereocenters. The lowest BCUT2D eigenvalue weighted by Gasteiger charge is -2.20. The van der Waals surface area contributed by atoms with Gasteiger partial charge in [-0.25, -0.2) is 27.4 Å². The molecule has 0 heterocycles. The van der Waals surface area contributed by atoms with Gasteiger partial charge in [-0.1, -0.05) is 17.0 Å². The molecule has 0 aromatic heterocycles. The molecule has 8 rings (SSSR count). The number of hydrogen-bond donors (Lipinski definition) is 11. The van der Waals surface area contributed by atoms with Crippen molar-refractivity contribution in [2.45, 2.75) is 41.2 Å². The van der Waals surface area contributed by atoms with E-state index in [1.165, 1.54) is 29.2 Å². The summed E-state index contributed by atoms with van der Waals surface area (Å²) in [7, 11) is -34.6. The topological polar surface area (TPSA) is 631 Å². The Morgan fingerprint density at radius 3 is 1.15 bits per heavy atom. The lowest BCUT2D eigenvalue weighted by atomic mass is 10.1. The molecule has 8 aromatic rings. The van der Waals surface area contributed by atoms with Gasteiger partial charge < -0.3 is 34.9 Å². The molecule has 0 saturated heterocycles. The Hall–Kier alpha value is -8.65. The minimum Gasteiger partial charge on any atom is -0.505 e. The smallest absolute Gasteiger partial charge is 0.446 e. The zero-order chi connectivity index (χ0) is 72.8. The zero-order valence-corrected chi connectivity index (χ0v) is 56.4. The van der Waals surface area contributed by atoms with Crippen LogP contribution < -0.4 is 19.8 Å². The van der Waals surface area contributed by atoms with Gasteiger partial charge in [0.2, 0.25) is 0 Å². The highest BCUT2D eigenvalue weighted by Crippen LogP contribution is 2.52. The summed E-state index contributed by atoms with van der Waals surface area (Å²) in [5.74, 6) is -4.24. The molecule has 0 radical (unpaired) electrons. The molecule has 0 bridgehead atoms. The molecule has 8 aromatic carbocycles. The summed E-state index contributed by atoms with van der Waals surface area (Å²) in [5.41, 5.74) is 8.14. The Morgan fingerprint density at radius 1 is 0.434 bits per heavy atom. The van der Waals surface area contributed by atoms with Crippen molar-refractivity contribution >= 4 is 173 Å². The Kier molecular flexibility index (Phi) is 23.4. The molecule has 0 spiro atoms. The fraction of sp³-hybridized carbons (Fsp3) is 0.120. The molecule has 0 amide bonds. The van der Waals surface area contributed by atoms with Crippen LogP contribution in [0.15, 0.2) is 190 Å². The number of nitrogens with zero attached hydrogens (tertiary/aromatic N) is 9. The lowest BCUT2D eigenvalue weighted by molar-refractivity contribution is -0.432. The van der Waals surface area contributed by atoms with Crippen LogP contribution in [0.5, 0.6) is 23.0 Å². The molecule has 0 aliphatic rings. The number of fused-ring (bicyclic) bond motifs is 2. The maximum atomic E-state index is 13.8. The first-order valence-electron chi connectivity index (χ1n) is 26.3. The summed E-state index contributed by atoms with van der Waals surface area (Å²) in [6.07, 6.45) is 0. The molecule has 49 heteroatoms. The van der Waals surface area contributed by atoms with Gasteiger partial charge in [-0.2, -0.15) is 57.4 Å². The van der Waals surface area contributed by atoms with Gasteiger partial charge in [-0.15, -0.1) is 34.2 Å². The first-order chi connectivity index (χ1) is 46.2. The van der Waals surface area contributed by atoms with Gasteiger partial charge in [0.15, 0.2) is 31.2 Å². The Labute approximate surface area is 567 Å². The third-order valence-corrected chi connectivity index (χ3v) is 21.3. The minimum absolute atomic E-state index is 0.0160. The summed E-state index contributed by atoms with van der Waals surface area (Å²) >= 11 is 0.494. The van der Waals surface area contributed by atoms with Crippen molar-refractivity contribution < 1.29 is 130 Å². The molecule has 0 atom stereocenters. The molecule has 0 fully saturated rings. The second kappa shape index (κ2) is 30.4. The summed E-state index contributed by atoms with van der Waals surface area (Å²) in [6.45, 7) is 0.941. The molecular weight excluding hydrogens is 1510 g/mol. The lowest BCUT2D eigenvalue weighted by Crippen LogP contribution is -2.33. The van der Waals surface area contributed by atoms with E-state index >= 15 is 0 Å². The van der Waals surface area contributed by atoms with E-state index in [4.69, 9.17) is 31.1 Å². The number of hydrogen-bond acceptors (Lipinski definition) is 37. The first kappa shape index (κ1) is 76.1. The van der Waals surface area contributed by atoms with Crippen LogP contribution in [0.25, 0.3) is 21.5 Å². The fourth-order valence-corrected chi connectivity index (χ4v) is 15.1. The van der Waals surface area contributed by atoms with E-state index in [-0.39, 0.29) is 109 Å². The zero-order valence-electron chi connectivity index (χ0n) is 49.0. The second-order valence-electron chi connectivity index (χ2n) is 19.5. The van der Waals surface area contributed by atoms with Gasteiger partial charge in [0.05, 0.1) is 94.4 Å². The summed E-state index contributed by atoms with van der Waals surface area (Å²) < 4.78 is 242. The monoisotopic (exact) mass is 1550 g/mol. The number of nitrogens with two attached hydrogens (primary N) is 2. The van der Waals surface area contributed by atoms with Crippen LogP contribution in [0.3, 0.4) is 0 Å². The molecule has 0 aliphatic heterocycles. The summed E-state index contributed by atoms with van der Waals surface area (Å²) in [6, 6.07) is 19.2. The summed E-state index contributed by atoms with van der Waals surface area (Å²) in [4.78, 5) is -3.41. The highest BCUT2D eigenvalue weighted by Gasteiger charge is 2.30. The SMILES string of the molecule is CCN(CCS(=O)(=O)c1ccc(N=Nc2c(S(=O)(=O)O)cc3cc(SOOO)c(N=Nc4ccc(OS(=O)(=O)O)cc4)c(N)c3c2O)cc1)CCS(=O)(=O)c1ccc(N=Nc2c(S(=O)(=O)O)cc3cc(SOOO)c(N=Nc4ccc(OS(=O)(=O)O)cc4)c(N)c3c2O)c(S(=O)(=O)O)c1. The normalized spacial score (nSPS) is 13.1. The third kappa shape index (κ3) is 19.2. The first-order valence-corrected chi connectivity index (χ1v) is 38.1. The van der Waals surface area contributed by atoms with Gasteiger partial charge in [-0.3, -0.25) is 22.8 Å². The van der Waals surface area contributed by atoms with E-state index in [0.717, 1.165) is 78.9 Å². The summed E-state index contributed by atoms with van der Waals surface area (Å²) in [5, 5.41) is 77.7. The van der Waals surface area contributed by atoms with Gasteiger partial charge in [0, 0.05) is 13.1 Å². The molecule has 0 saturated carbocycles. The van der Waals surface area contributed by atoms with E-state index in [1.807, 2.05) is 0 Å². The Balaban J connectivity index is 0.993. The Morgan fingerprint density at radius 2 is 0.788 bits per heavy atom. The maximum absolute atomic E-state index is 13.8. The Bertz CT molecular complexity index is 5450. The number of azo groups is 4. The van der Waals surface area contributed by atoms with Crippen LogP contribution in [-0.4, -0.2) is 138 Å². The molecule has 13 N–H and O–H groups in total. The van der Waals surface area contributed by atoms with Gasteiger partial charge in [-0.05, 0) is 133 Å². The average Bonchev–Trinajstić information content (AvgIpc) is 0.750. The van der Waals surface area contributed by atoms with Crippen molar-refractivity contribution in [3.05, 3.63) is 115 Å². The van der Waals surface area contributed by atoms with Gasteiger partial charge in [0.1, 0.15) is 54.6 Å². The minimum atomic E-state index is -5.46. The highest BCUT2D eigenvalue weighted by atomic mass is 32.3. The van der Waals surface area contributed by atoms with E-state index in [1.54, 1.807) is 6.92 Å². The standard InChI is InChI=1S/C50H45N11O29S9/c1-2-61(17-19-93(66,67)33-13-7-30(8-14-33)55-59-47-39(96(73,74)75)23-26-21-36(91-89-87-64)45(43(51)41(26)49(47)62)57-53-28-3-9-31(10-4-28)85-98(79,80)81)18-20-94(68,69)34-15-16-35(38(25-34)95(70,71)72)56-60-48-40(97(76,77)78)24-27-22-37(92-90-88-65)46(44(52)42(27)50(48)63)58-54-29-5-11-32(12-6-29)86-99(82,83)84/h3-16,21-25,62-65H,2,17-20,51-52H2,1H3,(H,70,71,72)(H,73,74,75)(H,76,77,78)(H,79,80,81)(H,82,83,84). The van der Waals surface area contributed by atoms with Crippen molar-refractivity contribution in [3.8, 4) is 23.0 Å². The molecular formula is C50H45N11O29S9. The number of aromatic hydroxyl groups is 2. The van der Waals surface area contributed by atoms with Crippen molar-refractivity contribution in [1.82, 2.24) is 4.90 Å². The number of phenolic OH excluding ortho intramolecular Hbond substituents is 2. The van der Waals surface area contributed by atoms with Crippen molar-refractivity contribution in [3.63, 3.8) is 0 Å². The molecule has 99 heavy (non-hydrogen) atoms. The quantitative estimate of drug-likeness (QED) is 0.00498. The van der Waals surface area contributed by atoms with E-state index in [2.05, 4.69) is 68.0 Å². The third-order valence-electron chi connectivity index (χ3n) is 13.2. The molecule has 40 nitrogen and oxygen atoms in total. The van der Waals surface area contributed by atoms with Crippen LogP contribution in [-0.2, 0) is 89.6 Å². The van der Waals surface area contributed by atoms with Gasteiger partial charge >= 0.3 is 20.8 Å². The molecule has 0 aliphatic carbocycles. The predicted octanol–water partition coefficient (Wildman–Crippen LogP) is 9.76. The predicted molar refractivity (Wildman–Crippen MR) is 344 cm³/mol. The number of benzene rings is 8. The van der Waals surface area contributed by atoms with Crippen molar-refractivity contribution in [2.24, 2.45) is 40.9 Å². The van der Waals surface area contributed by atoms with Crippen LogP contribution >= 0.6 is 24.1 Å². The second-order valence-corrected chi connectivity index (χ2v) is 31.4.